The third kappa shape index (κ3) is 5.25. The van der Waals surface area contributed by atoms with Gasteiger partial charge in [0.2, 0.25) is 0 Å². The first-order valence-electron chi connectivity index (χ1n) is 13.5. The highest BCUT2D eigenvalue weighted by atomic mass is 16.5. The van der Waals surface area contributed by atoms with Crippen LogP contribution in [0.15, 0.2) is 97.1 Å². The van der Waals surface area contributed by atoms with Crippen molar-refractivity contribution in [3.05, 3.63) is 120 Å². The number of hydrogen-bond acceptors (Lipinski definition) is 4. The van der Waals surface area contributed by atoms with Crippen molar-refractivity contribution in [2.75, 3.05) is 0 Å². The molecule has 6 nitrogen and oxygen atoms in total. The van der Waals surface area contributed by atoms with Crippen molar-refractivity contribution in [3.8, 4) is 5.75 Å². The van der Waals surface area contributed by atoms with Gasteiger partial charge in [0.25, 0.3) is 0 Å². The Kier molecular flexibility index (Phi) is 6.68. The average Bonchev–Trinajstić information content (AvgIpc) is 3.60. The number of benzene rings is 3. The molecule has 1 aliphatic carbocycles. The summed E-state index contributed by atoms with van der Waals surface area (Å²) in [6.07, 6.45) is 7.67. The lowest BCUT2D eigenvalue weighted by Gasteiger charge is -2.19. The van der Waals surface area contributed by atoms with Gasteiger partial charge in [-0.15, -0.1) is 0 Å². The van der Waals surface area contributed by atoms with Crippen molar-refractivity contribution in [2.45, 2.75) is 39.8 Å². The molecule has 0 aliphatic heterocycles. The number of nitrogens with zero attached hydrogens (tertiary/aromatic N) is 3. The number of allylic oxidation sites excluding steroid dienone is 4. The average molecular weight is 530 g/mol. The van der Waals surface area contributed by atoms with Crippen LogP contribution in [0.25, 0.3) is 27.5 Å². The Labute approximate surface area is 233 Å². The number of carboxylic acids is 1. The molecule has 2 heterocycles. The number of ether oxygens (including phenoxy) is 1. The van der Waals surface area contributed by atoms with E-state index < -0.39 is 11.4 Å². The van der Waals surface area contributed by atoms with Crippen LogP contribution < -0.4 is 4.74 Å². The van der Waals surface area contributed by atoms with Crippen molar-refractivity contribution in [2.24, 2.45) is 5.41 Å². The molecule has 0 bridgehead atoms. The molecule has 0 radical (unpaired) electrons. The van der Waals surface area contributed by atoms with E-state index >= 15 is 0 Å². The molecule has 0 amide bonds. The number of carbonyl (C=O) groups is 1. The number of rotatable bonds is 9. The van der Waals surface area contributed by atoms with Crippen LogP contribution in [0.1, 0.15) is 42.9 Å². The highest BCUT2D eigenvalue weighted by molar-refractivity contribution is 5.80. The Balaban J connectivity index is 1.28. The van der Waals surface area contributed by atoms with E-state index in [-0.39, 0.29) is 0 Å². The highest BCUT2D eigenvalue weighted by Gasteiger charge is 2.30. The fraction of sp³-hybridized carbons (Fsp3) is 0.206. The standard InChI is InChI=1S/C34H31N3O3/c1-34(2,33(38)39)20-32-36-30-19-28(40-22-27-16-15-26-9-5-6-10-29(26)35-27)17-18-31(30)37(32)21-23-11-13-25(14-12-23)24-7-3-4-8-24/h3-7,9-19H,8,20-22H2,1-2H3,(H,38,39). The number of para-hydroxylation sites is 1. The second-order valence-electron chi connectivity index (χ2n) is 10.9. The molecule has 40 heavy (non-hydrogen) atoms. The quantitative estimate of drug-likeness (QED) is 0.218. The number of fused-ring (bicyclic) bond motifs is 2. The summed E-state index contributed by atoms with van der Waals surface area (Å²) in [6, 6.07) is 26.5. The molecule has 2 aromatic heterocycles. The Morgan fingerprint density at radius 1 is 0.975 bits per heavy atom. The van der Waals surface area contributed by atoms with Gasteiger partial charge in [-0.05, 0) is 61.2 Å². The van der Waals surface area contributed by atoms with Crippen molar-refractivity contribution in [1.29, 1.82) is 0 Å². The molecule has 0 spiro atoms. The minimum atomic E-state index is -0.952. The Bertz CT molecular complexity index is 1780. The zero-order chi connectivity index (χ0) is 27.7. The molecule has 6 rings (SSSR count). The number of pyridine rings is 1. The molecule has 3 aromatic carbocycles. The van der Waals surface area contributed by atoms with Crippen LogP contribution in [-0.2, 0) is 24.4 Å². The first-order valence-corrected chi connectivity index (χ1v) is 13.5. The summed E-state index contributed by atoms with van der Waals surface area (Å²) < 4.78 is 8.23. The van der Waals surface area contributed by atoms with Gasteiger partial charge in [0.15, 0.2) is 0 Å². The fourth-order valence-electron chi connectivity index (χ4n) is 5.05. The minimum absolute atomic E-state index is 0.310. The zero-order valence-corrected chi connectivity index (χ0v) is 22.7. The van der Waals surface area contributed by atoms with Gasteiger partial charge in [-0.2, -0.15) is 0 Å². The van der Waals surface area contributed by atoms with Crippen molar-refractivity contribution >= 4 is 33.5 Å². The maximum absolute atomic E-state index is 12.0. The van der Waals surface area contributed by atoms with E-state index in [0.29, 0.717) is 25.3 Å². The normalized spacial score (nSPS) is 13.2. The van der Waals surface area contributed by atoms with Crippen molar-refractivity contribution in [3.63, 3.8) is 0 Å². The van der Waals surface area contributed by atoms with Crippen LogP contribution in [0.3, 0.4) is 0 Å². The molecular weight excluding hydrogens is 498 g/mol. The smallest absolute Gasteiger partial charge is 0.309 e. The summed E-state index contributed by atoms with van der Waals surface area (Å²) in [6.45, 7) is 4.42. The van der Waals surface area contributed by atoms with Gasteiger partial charge >= 0.3 is 5.97 Å². The zero-order valence-electron chi connectivity index (χ0n) is 22.7. The maximum Gasteiger partial charge on any atom is 0.309 e. The van der Waals surface area contributed by atoms with Crippen molar-refractivity contribution in [1.82, 2.24) is 14.5 Å². The summed E-state index contributed by atoms with van der Waals surface area (Å²) in [5.41, 5.74) is 6.22. The van der Waals surface area contributed by atoms with Crippen LogP contribution >= 0.6 is 0 Å². The highest BCUT2D eigenvalue weighted by Crippen LogP contribution is 2.29. The SMILES string of the molecule is CC(C)(Cc1nc2cc(OCc3ccc4ccccc4n3)ccc2n1Cc1ccc(C2=CC=CC2)cc1)C(=O)O. The van der Waals surface area contributed by atoms with Gasteiger partial charge in [0.05, 0.1) is 27.7 Å². The molecular formula is C34H31N3O3. The molecule has 1 N–H and O–H groups in total. The second-order valence-corrected chi connectivity index (χ2v) is 10.9. The molecule has 6 heteroatoms. The van der Waals surface area contributed by atoms with Crippen LogP contribution in [-0.4, -0.2) is 25.6 Å². The summed E-state index contributed by atoms with van der Waals surface area (Å²) >= 11 is 0. The monoisotopic (exact) mass is 529 g/mol. The van der Waals surface area contributed by atoms with Gasteiger partial charge < -0.3 is 14.4 Å². The Hall–Kier alpha value is -4.71. The summed E-state index contributed by atoms with van der Waals surface area (Å²) in [5, 5.41) is 10.9. The molecule has 0 saturated heterocycles. The molecule has 200 valence electrons. The Morgan fingerprint density at radius 3 is 2.58 bits per heavy atom. The first kappa shape index (κ1) is 25.6. The molecule has 0 fully saturated rings. The third-order valence-corrected chi connectivity index (χ3v) is 7.46. The van der Waals surface area contributed by atoms with Crippen molar-refractivity contribution < 1.29 is 14.6 Å². The Morgan fingerprint density at radius 2 is 1.80 bits per heavy atom. The summed E-state index contributed by atoms with van der Waals surface area (Å²) in [4.78, 5) is 21.6. The van der Waals surface area contributed by atoms with Crippen LogP contribution in [0, 0.1) is 5.41 Å². The number of hydrogen-bond donors (Lipinski definition) is 1. The van der Waals surface area contributed by atoms with Crippen LogP contribution in [0.2, 0.25) is 0 Å². The summed E-state index contributed by atoms with van der Waals surface area (Å²) in [7, 11) is 0. The molecule has 5 aromatic rings. The van der Waals surface area contributed by atoms with Crippen LogP contribution in [0.5, 0.6) is 5.75 Å². The van der Waals surface area contributed by atoms with E-state index in [1.54, 1.807) is 13.8 Å². The van der Waals surface area contributed by atoms with E-state index in [2.05, 4.69) is 53.1 Å². The number of aliphatic carboxylic acids is 1. The maximum atomic E-state index is 12.0. The minimum Gasteiger partial charge on any atom is -0.487 e. The van der Waals surface area contributed by atoms with E-state index in [1.165, 1.54) is 11.1 Å². The number of carboxylic acid groups (broad SMARTS) is 1. The topological polar surface area (TPSA) is 77.2 Å². The lowest BCUT2D eigenvalue weighted by molar-refractivity contribution is -0.146. The van der Waals surface area contributed by atoms with E-state index in [0.717, 1.165) is 45.4 Å². The fourth-order valence-corrected chi connectivity index (χ4v) is 5.05. The van der Waals surface area contributed by atoms with E-state index in [4.69, 9.17) is 14.7 Å². The number of aromatic nitrogens is 3. The van der Waals surface area contributed by atoms with Crippen LogP contribution in [0.4, 0.5) is 0 Å². The molecule has 0 saturated carbocycles. The van der Waals surface area contributed by atoms with Gasteiger partial charge in [-0.3, -0.25) is 4.79 Å². The molecule has 0 unspecified atom stereocenters. The lowest BCUT2D eigenvalue weighted by Crippen LogP contribution is -2.27. The first-order chi connectivity index (χ1) is 19.4. The lowest BCUT2D eigenvalue weighted by atomic mass is 9.89. The van der Waals surface area contributed by atoms with E-state index in [1.807, 2.05) is 48.5 Å². The largest absolute Gasteiger partial charge is 0.487 e. The molecule has 1 aliphatic rings. The van der Waals surface area contributed by atoms with Gasteiger partial charge in [0, 0.05) is 24.4 Å². The van der Waals surface area contributed by atoms with E-state index in [9.17, 15) is 9.90 Å². The van der Waals surface area contributed by atoms with Gasteiger partial charge in [-0.25, -0.2) is 9.97 Å². The predicted octanol–water partition coefficient (Wildman–Crippen LogP) is 7.21. The molecule has 0 atom stereocenters. The second kappa shape index (κ2) is 10.5. The number of imidazole rings is 1. The van der Waals surface area contributed by atoms with Gasteiger partial charge in [0.1, 0.15) is 18.2 Å². The summed E-state index contributed by atoms with van der Waals surface area (Å²) in [5.74, 6) is 0.585. The van der Waals surface area contributed by atoms with Gasteiger partial charge in [-0.1, -0.05) is 66.8 Å². The predicted molar refractivity (Wildman–Crippen MR) is 158 cm³/mol. The third-order valence-electron chi connectivity index (χ3n) is 7.46.